The summed E-state index contributed by atoms with van der Waals surface area (Å²) in [6, 6.07) is 20.6. The summed E-state index contributed by atoms with van der Waals surface area (Å²) in [5.74, 6) is -0.154. The van der Waals surface area contributed by atoms with Crippen molar-refractivity contribution in [2.45, 2.75) is 32.4 Å². The van der Waals surface area contributed by atoms with Gasteiger partial charge < -0.3 is 19.7 Å². The monoisotopic (exact) mass is 645 g/mol. The van der Waals surface area contributed by atoms with Gasteiger partial charge in [-0.25, -0.2) is 8.42 Å². The number of hydrogen-bond donors (Lipinski definition) is 1. The topological polar surface area (TPSA) is 105 Å². The summed E-state index contributed by atoms with van der Waals surface area (Å²) in [6.07, 6.45) is 2.01. The molecule has 0 radical (unpaired) electrons. The molecule has 220 valence electrons. The molecule has 0 fully saturated rings. The maximum atomic E-state index is 14.1. The average Bonchev–Trinajstić information content (AvgIpc) is 2.96. The number of methoxy groups -OCH3 is 2. The van der Waals surface area contributed by atoms with Crippen molar-refractivity contribution in [2.24, 2.45) is 0 Å². The summed E-state index contributed by atoms with van der Waals surface area (Å²) in [7, 11) is -1.04. The zero-order valence-corrected chi connectivity index (χ0v) is 26.1. The highest BCUT2D eigenvalue weighted by Crippen LogP contribution is 2.34. The molecule has 3 rings (SSSR count). The third-order valence-electron chi connectivity index (χ3n) is 6.42. The highest BCUT2D eigenvalue weighted by Gasteiger charge is 2.33. The predicted octanol–water partition coefficient (Wildman–Crippen LogP) is 4.40. The maximum Gasteiger partial charge on any atom is 0.244 e. The number of amides is 2. The van der Waals surface area contributed by atoms with Crippen molar-refractivity contribution in [3.8, 4) is 11.5 Å². The van der Waals surface area contributed by atoms with Crippen LogP contribution < -0.4 is 19.1 Å². The quantitative estimate of drug-likeness (QED) is 0.279. The molecular weight excluding hydrogens is 610 g/mol. The molecule has 0 aromatic heterocycles. The Morgan fingerprint density at radius 3 is 2.22 bits per heavy atom. The van der Waals surface area contributed by atoms with E-state index in [1.165, 1.54) is 25.2 Å². The lowest BCUT2D eigenvalue weighted by Gasteiger charge is -2.33. The summed E-state index contributed by atoms with van der Waals surface area (Å²) < 4.78 is 38.6. The molecule has 3 aromatic carbocycles. The van der Waals surface area contributed by atoms with Crippen molar-refractivity contribution in [3.05, 3.63) is 88.4 Å². The van der Waals surface area contributed by atoms with Crippen molar-refractivity contribution >= 4 is 43.5 Å². The van der Waals surface area contributed by atoms with E-state index in [1.54, 1.807) is 12.1 Å². The van der Waals surface area contributed by atoms with Crippen molar-refractivity contribution in [1.82, 2.24) is 10.2 Å². The molecule has 3 aromatic rings. The number of benzene rings is 3. The average molecular weight is 647 g/mol. The molecule has 41 heavy (non-hydrogen) atoms. The molecule has 0 aliphatic heterocycles. The van der Waals surface area contributed by atoms with E-state index in [0.717, 1.165) is 32.6 Å². The summed E-state index contributed by atoms with van der Waals surface area (Å²) >= 11 is 3.43. The Morgan fingerprint density at radius 2 is 1.63 bits per heavy atom. The van der Waals surface area contributed by atoms with Crippen molar-refractivity contribution in [3.63, 3.8) is 0 Å². The van der Waals surface area contributed by atoms with E-state index < -0.39 is 28.5 Å². The number of halogens is 1. The van der Waals surface area contributed by atoms with Crippen LogP contribution >= 0.6 is 15.9 Å². The lowest BCUT2D eigenvalue weighted by atomic mass is 10.0. The van der Waals surface area contributed by atoms with Crippen LogP contribution in [-0.4, -0.2) is 64.7 Å². The van der Waals surface area contributed by atoms with Crippen LogP contribution in [-0.2, 0) is 32.6 Å². The van der Waals surface area contributed by atoms with E-state index in [0.29, 0.717) is 12.3 Å². The zero-order valence-electron chi connectivity index (χ0n) is 23.7. The lowest BCUT2D eigenvalue weighted by molar-refractivity contribution is -0.140. The number of hydrogen-bond acceptors (Lipinski definition) is 6. The van der Waals surface area contributed by atoms with Gasteiger partial charge in [-0.1, -0.05) is 65.3 Å². The molecule has 1 N–H and O–H groups in total. The van der Waals surface area contributed by atoms with Crippen LogP contribution in [0, 0.1) is 0 Å². The highest BCUT2D eigenvalue weighted by atomic mass is 79.9. The summed E-state index contributed by atoms with van der Waals surface area (Å²) in [5.41, 5.74) is 1.84. The van der Waals surface area contributed by atoms with E-state index >= 15 is 0 Å². The first kappa shape index (κ1) is 32.0. The Hall–Kier alpha value is -3.57. The molecule has 0 unspecified atom stereocenters. The number of anilines is 1. The number of nitrogens with one attached hydrogen (secondary N) is 1. The fourth-order valence-corrected chi connectivity index (χ4v) is 5.41. The fraction of sp³-hybridized carbons (Fsp3) is 0.333. The van der Waals surface area contributed by atoms with E-state index in [-0.39, 0.29) is 30.3 Å². The molecule has 0 spiro atoms. The first-order valence-corrected chi connectivity index (χ1v) is 15.8. The minimum absolute atomic E-state index is 0.0977. The van der Waals surface area contributed by atoms with E-state index in [9.17, 15) is 18.0 Å². The SMILES string of the molecule is CCCNC(=O)[C@@H](Cc1ccccc1)N(Cc1ccc(Br)cc1)C(=O)CN(c1ccc(OC)cc1OC)S(C)(=O)=O. The third-order valence-corrected chi connectivity index (χ3v) is 8.08. The Labute approximate surface area is 250 Å². The minimum Gasteiger partial charge on any atom is -0.497 e. The van der Waals surface area contributed by atoms with Gasteiger partial charge in [-0.15, -0.1) is 0 Å². The van der Waals surface area contributed by atoms with Crippen LogP contribution in [0.25, 0.3) is 0 Å². The molecule has 0 saturated heterocycles. The highest BCUT2D eigenvalue weighted by molar-refractivity contribution is 9.10. The second kappa shape index (κ2) is 14.9. The van der Waals surface area contributed by atoms with Gasteiger partial charge in [0.2, 0.25) is 21.8 Å². The Balaban J connectivity index is 2.07. The molecule has 0 aliphatic carbocycles. The van der Waals surface area contributed by atoms with Crippen LogP contribution in [0.5, 0.6) is 11.5 Å². The zero-order chi connectivity index (χ0) is 30.0. The van der Waals surface area contributed by atoms with Gasteiger partial charge in [0.25, 0.3) is 0 Å². The number of rotatable bonds is 14. The molecular formula is C30H36BrN3O6S. The van der Waals surface area contributed by atoms with Crippen LogP contribution in [0.15, 0.2) is 77.3 Å². The molecule has 0 heterocycles. The molecule has 1 atom stereocenters. The van der Waals surface area contributed by atoms with Crippen LogP contribution in [0.4, 0.5) is 5.69 Å². The van der Waals surface area contributed by atoms with Gasteiger partial charge >= 0.3 is 0 Å². The smallest absolute Gasteiger partial charge is 0.244 e. The van der Waals surface area contributed by atoms with Gasteiger partial charge in [0.1, 0.15) is 24.1 Å². The number of carbonyl (C=O) groups excluding carboxylic acids is 2. The summed E-state index contributed by atoms with van der Waals surface area (Å²) in [5, 5.41) is 2.92. The van der Waals surface area contributed by atoms with Gasteiger partial charge in [-0.2, -0.15) is 0 Å². The number of ether oxygens (including phenoxy) is 2. The van der Waals surface area contributed by atoms with Gasteiger partial charge in [-0.3, -0.25) is 13.9 Å². The lowest BCUT2D eigenvalue weighted by Crippen LogP contribution is -2.53. The van der Waals surface area contributed by atoms with E-state index in [1.807, 2.05) is 61.5 Å². The summed E-state index contributed by atoms with van der Waals surface area (Å²) in [4.78, 5) is 29.1. The Bertz CT molecular complexity index is 1420. The van der Waals surface area contributed by atoms with Crippen LogP contribution in [0.3, 0.4) is 0 Å². The number of carbonyl (C=O) groups is 2. The minimum atomic E-state index is -3.94. The van der Waals surface area contributed by atoms with Crippen LogP contribution in [0.2, 0.25) is 0 Å². The van der Waals surface area contributed by atoms with Crippen LogP contribution in [0.1, 0.15) is 24.5 Å². The maximum absolute atomic E-state index is 14.1. The molecule has 2 amide bonds. The van der Waals surface area contributed by atoms with E-state index in [2.05, 4.69) is 21.2 Å². The second-order valence-electron chi connectivity index (χ2n) is 9.45. The van der Waals surface area contributed by atoms with Crippen molar-refractivity contribution in [1.29, 1.82) is 0 Å². The fourth-order valence-electron chi connectivity index (χ4n) is 4.29. The Morgan fingerprint density at radius 1 is 0.951 bits per heavy atom. The standard InChI is InChI=1S/C30H36BrN3O6S/c1-5-17-32-30(36)27(18-22-9-7-6-8-10-22)33(20-23-11-13-24(31)14-12-23)29(35)21-34(41(4,37)38)26-16-15-25(39-2)19-28(26)40-3/h6-16,19,27H,5,17-18,20-21H2,1-4H3,(H,32,36)/t27-/m1/s1. The predicted molar refractivity (Wildman–Crippen MR) is 164 cm³/mol. The molecule has 9 nitrogen and oxygen atoms in total. The molecule has 0 saturated carbocycles. The summed E-state index contributed by atoms with van der Waals surface area (Å²) in [6.45, 7) is 1.96. The number of sulfonamides is 1. The normalized spacial score (nSPS) is 11.8. The van der Waals surface area contributed by atoms with Crippen molar-refractivity contribution < 1.29 is 27.5 Å². The third kappa shape index (κ3) is 8.96. The molecule has 0 aliphatic rings. The van der Waals surface area contributed by atoms with Gasteiger partial charge in [0, 0.05) is 30.0 Å². The largest absolute Gasteiger partial charge is 0.497 e. The second-order valence-corrected chi connectivity index (χ2v) is 12.3. The van der Waals surface area contributed by atoms with E-state index in [4.69, 9.17) is 9.47 Å². The van der Waals surface area contributed by atoms with Gasteiger partial charge in [-0.05, 0) is 41.8 Å². The Kier molecular flexibility index (Phi) is 11.6. The number of nitrogens with zero attached hydrogens (tertiary/aromatic N) is 2. The first-order valence-electron chi connectivity index (χ1n) is 13.1. The molecule has 0 bridgehead atoms. The first-order chi connectivity index (χ1) is 19.6. The van der Waals surface area contributed by atoms with Gasteiger partial charge in [0.15, 0.2) is 0 Å². The van der Waals surface area contributed by atoms with Crippen molar-refractivity contribution in [2.75, 3.05) is 37.9 Å². The van der Waals surface area contributed by atoms with Gasteiger partial charge in [0.05, 0.1) is 26.2 Å². The molecule has 11 heteroatoms.